The highest BCUT2D eigenvalue weighted by Crippen LogP contribution is 1.68. The van der Waals surface area contributed by atoms with Gasteiger partial charge < -0.3 is 5.73 Å². The van der Waals surface area contributed by atoms with Crippen molar-refractivity contribution in [3.8, 4) is 0 Å². The Bertz CT molecular complexity index is 144. The molecule has 1 amide bonds. The van der Waals surface area contributed by atoms with Crippen LogP contribution in [0, 0.1) is 0 Å². The minimum atomic E-state index is -0.333. The Balaban J connectivity index is 0.000000180. The fraction of sp³-hybridized carbons (Fsp3) is 0.143. The summed E-state index contributed by atoms with van der Waals surface area (Å²) in [5, 5.41) is 0. The van der Waals surface area contributed by atoms with Gasteiger partial charge in [0.25, 0.3) is 0 Å². The van der Waals surface area contributed by atoms with Gasteiger partial charge in [-0.1, -0.05) is 6.07 Å². The van der Waals surface area contributed by atoms with Crippen molar-refractivity contribution in [1.29, 1.82) is 0 Å². The van der Waals surface area contributed by atoms with Gasteiger partial charge in [0.2, 0.25) is 5.91 Å². The summed E-state index contributed by atoms with van der Waals surface area (Å²) in [7, 11) is 0. The summed E-state index contributed by atoms with van der Waals surface area (Å²) in [5.41, 5.74) is 4.47. The predicted molar refractivity (Wildman–Crippen MR) is 37.9 cm³/mol. The Morgan fingerprint density at radius 2 is 1.70 bits per heavy atom. The SMILES string of the molecule is CC(N)=O.c1cc[nH+]cc1. The number of amides is 1. The van der Waals surface area contributed by atoms with E-state index in [2.05, 4.69) is 10.7 Å². The standard InChI is InChI=1S/C5H5N.C2H5NO/c1-2-4-6-5-3-1;1-2(3)4/h1-5H;1H3,(H2,3,4)/p+1. The number of nitrogens with one attached hydrogen (secondary N) is 1. The maximum Gasteiger partial charge on any atom is 0.214 e. The van der Waals surface area contributed by atoms with Gasteiger partial charge in [0.15, 0.2) is 12.4 Å². The highest BCUT2D eigenvalue weighted by Gasteiger charge is 1.65. The van der Waals surface area contributed by atoms with Crippen LogP contribution in [0.4, 0.5) is 0 Å². The maximum absolute atomic E-state index is 9.22. The summed E-state index contributed by atoms with van der Waals surface area (Å²) < 4.78 is 0. The van der Waals surface area contributed by atoms with Crippen molar-refractivity contribution in [2.75, 3.05) is 0 Å². The van der Waals surface area contributed by atoms with Crippen LogP contribution < -0.4 is 10.7 Å². The molecule has 3 nitrogen and oxygen atoms in total. The molecule has 0 aromatic carbocycles. The first kappa shape index (κ1) is 8.62. The van der Waals surface area contributed by atoms with E-state index in [0.29, 0.717) is 0 Å². The summed E-state index contributed by atoms with van der Waals surface area (Å²) in [6.45, 7) is 1.31. The predicted octanol–water partition coefficient (Wildman–Crippen LogP) is -0.00770. The molecule has 1 rings (SSSR count). The zero-order valence-electron chi connectivity index (χ0n) is 5.87. The van der Waals surface area contributed by atoms with Gasteiger partial charge in [0, 0.05) is 19.1 Å². The number of carbonyl (C=O) groups is 1. The lowest BCUT2D eigenvalue weighted by atomic mass is 10.5. The number of rotatable bonds is 0. The molecule has 1 aromatic rings. The third-order valence-electron chi connectivity index (χ3n) is 0.607. The summed E-state index contributed by atoms with van der Waals surface area (Å²) in [6.07, 6.45) is 3.75. The van der Waals surface area contributed by atoms with Crippen LogP contribution in [0.25, 0.3) is 0 Å². The van der Waals surface area contributed by atoms with Gasteiger partial charge in [-0.15, -0.1) is 0 Å². The molecule has 10 heavy (non-hydrogen) atoms. The Hall–Kier alpha value is -1.38. The second-order valence-corrected chi connectivity index (χ2v) is 1.69. The Morgan fingerprint density at radius 3 is 1.80 bits per heavy atom. The van der Waals surface area contributed by atoms with Crippen LogP contribution in [0.5, 0.6) is 0 Å². The molecule has 0 saturated carbocycles. The third-order valence-corrected chi connectivity index (χ3v) is 0.607. The monoisotopic (exact) mass is 139 g/mol. The number of H-pyrrole nitrogens is 1. The van der Waals surface area contributed by atoms with E-state index in [1.807, 2.05) is 30.6 Å². The molecule has 0 unspecified atom stereocenters. The highest BCUT2D eigenvalue weighted by atomic mass is 16.1. The first-order valence-corrected chi connectivity index (χ1v) is 2.90. The molecular formula is C7H11N2O+. The highest BCUT2D eigenvalue weighted by molar-refractivity contribution is 5.70. The van der Waals surface area contributed by atoms with Gasteiger partial charge in [-0.3, -0.25) is 4.79 Å². The van der Waals surface area contributed by atoms with Crippen molar-refractivity contribution >= 4 is 5.91 Å². The van der Waals surface area contributed by atoms with Crippen LogP contribution in [0.3, 0.4) is 0 Å². The van der Waals surface area contributed by atoms with E-state index in [-0.39, 0.29) is 5.91 Å². The van der Waals surface area contributed by atoms with Gasteiger partial charge in [-0.25, -0.2) is 4.98 Å². The zero-order chi connectivity index (χ0) is 7.82. The number of pyridine rings is 1. The molecule has 54 valence electrons. The molecular weight excluding hydrogens is 128 g/mol. The smallest absolute Gasteiger partial charge is 0.214 e. The number of carbonyl (C=O) groups excluding carboxylic acids is 1. The summed E-state index contributed by atoms with van der Waals surface area (Å²) >= 11 is 0. The molecule has 0 aliphatic rings. The number of aromatic amines is 1. The number of primary amides is 1. The number of hydrogen-bond donors (Lipinski definition) is 1. The van der Waals surface area contributed by atoms with E-state index in [4.69, 9.17) is 0 Å². The second-order valence-electron chi connectivity index (χ2n) is 1.69. The van der Waals surface area contributed by atoms with E-state index in [9.17, 15) is 4.79 Å². The topological polar surface area (TPSA) is 57.2 Å². The lowest BCUT2D eigenvalue weighted by Crippen LogP contribution is -2.01. The van der Waals surface area contributed by atoms with Crippen molar-refractivity contribution in [2.45, 2.75) is 6.92 Å². The van der Waals surface area contributed by atoms with Crippen LogP contribution in [0.15, 0.2) is 30.6 Å². The van der Waals surface area contributed by atoms with Crippen molar-refractivity contribution in [3.63, 3.8) is 0 Å². The quantitative estimate of drug-likeness (QED) is 0.540. The van der Waals surface area contributed by atoms with Crippen LogP contribution in [0.2, 0.25) is 0 Å². The van der Waals surface area contributed by atoms with E-state index >= 15 is 0 Å². The fourth-order valence-corrected chi connectivity index (χ4v) is 0.342. The Labute approximate surface area is 59.9 Å². The molecule has 1 aromatic heterocycles. The van der Waals surface area contributed by atoms with E-state index < -0.39 is 0 Å². The second kappa shape index (κ2) is 5.75. The van der Waals surface area contributed by atoms with E-state index in [1.165, 1.54) is 6.92 Å². The lowest BCUT2D eigenvalue weighted by Gasteiger charge is -1.63. The van der Waals surface area contributed by atoms with Gasteiger partial charge >= 0.3 is 0 Å². The van der Waals surface area contributed by atoms with E-state index in [0.717, 1.165) is 0 Å². The zero-order valence-corrected chi connectivity index (χ0v) is 5.87. The average Bonchev–Trinajstić information content (AvgIpc) is 1.90. The minimum absolute atomic E-state index is 0.333. The molecule has 0 aliphatic heterocycles. The van der Waals surface area contributed by atoms with Gasteiger partial charge in [-0.2, -0.15) is 0 Å². The molecule has 0 fully saturated rings. The van der Waals surface area contributed by atoms with Gasteiger partial charge in [0.05, 0.1) is 0 Å². The maximum atomic E-state index is 9.22. The van der Waals surface area contributed by atoms with Crippen molar-refractivity contribution in [3.05, 3.63) is 30.6 Å². The summed E-state index contributed by atoms with van der Waals surface area (Å²) in [6, 6.07) is 5.86. The molecule has 0 bridgehead atoms. The largest absolute Gasteiger partial charge is 0.370 e. The van der Waals surface area contributed by atoms with Crippen LogP contribution in [-0.2, 0) is 4.79 Å². The molecule has 3 N–H and O–H groups in total. The molecule has 0 aliphatic carbocycles. The van der Waals surface area contributed by atoms with Crippen LogP contribution in [-0.4, -0.2) is 5.91 Å². The molecule has 0 saturated heterocycles. The van der Waals surface area contributed by atoms with Crippen molar-refractivity contribution < 1.29 is 9.78 Å². The van der Waals surface area contributed by atoms with Crippen LogP contribution >= 0.6 is 0 Å². The molecule has 0 atom stereocenters. The summed E-state index contributed by atoms with van der Waals surface area (Å²) in [5.74, 6) is -0.333. The van der Waals surface area contributed by atoms with Crippen molar-refractivity contribution in [1.82, 2.24) is 0 Å². The molecule has 3 heteroatoms. The van der Waals surface area contributed by atoms with Gasteiger partial charge in [0.1, 0.15) is 0 Å². The summed E-state index contributed by atoms with van der Waals surface area (Å²) in [4.78, 5) is 12.1. The average molecular weight is 139 g/mol. The van der Waals surface area contributed by atoms with E-state index in [1.54, 1.807) is 0 Å². The van der Waals surface area contributed by atoms with Crippen LogP contribution in [0.1, 0.15) is 6.92 Å². The number of aromatic nitrogens is 1. The normalized spacial score (nSPS) is 7.30. The molecule has 0 radical (unpaired) electrons. The minimum Gasteiger partial charge on any atom is -0.370 e. The first-order chi connectivity index (χ1) is 4.73. The third kappa shape index (κ3) is 9.80. The Morgan fingerprint density at radius 1 is 1.30 bits per heavy atom. The lowest BCUT2D eigenvalue weighted by molar-refractivity contribution is -0.377. The number of hydrogen-bond acceptors (Lipinski definition) is 1. The van der Waals surface area contributed by atoms with Crippen molar-refractivity contribution in [2.24, 2.45) is 5.73 Å². The van der Waals surface area contributed by atoms with Gasteiger partial charge in [-0.05, 0) is 0 Å². The Kier molecular flexibility index (Phi) is 4.96. The molecule has 0 spiro atoms. The molecule has 1 heterocycles. The first-order valence-electron chi connectivity index (χ1n) is 2.90. The fourth-order valence-electron chi connectivity index (χ4n) is 0.342. The number of nitrogens with two attached hydrogens (primary N) is 1.